The minimum atomic E-state index is 0.159. The minimum Gasteiger partial charge on any atom is -0.307 e. The fourth-order valence-corrected chi connectivity index (χ4v) is 4.29. The minimum absolute atomic E-state index is 0.159. The quantitative estimate of drug-likeness (QED) is 0.640. The molecule has 0 unspecified atom stereocenters. The maximum atomic E-state index is 3.65. The topological polar surface area (TPSA) is 0 Å². The summed E-state index contributed by atoms with van der Waals surface area (Å²) < 4.78 is 1.52. The van der Waals surface area contributed by atoms with Crippen molar-refractivity contribution in [1.82, 2.24) is 0 Å². The Morgan fingerprint density at radius 3 is 2.08 bits per heavy atom. The Balaban J connectivity index is 2.08. The Hall–Kier alpha value is 1.25. The van der Waals surface area contributed by atoms with Gasteiger partial charge in [-0.3, -0.25) is 0 Å². The van der Waals surface area contributed by atoms with Gasteiger partial charge in [0.05, 0.1) is 0 Å². The summed E-state index contributed by atoms with van der Waals surface area (Å²) in [5, 5.41) is 0. The zero-order valence-corrected chi connectivity index (χ0v) is 11.9. The second-order valence-corrected chi connectivity index (χ2v) is 7.97. The first kappa shape index (κ1) is 12.3. The molecule has 0 radical (unpaired) electrons. The third-order valence-corrected chi connectivity index (χ3v) is 5.77. The molecule has 0 spiro atoms. The van der Waals surface area contributed by atoms with Gasteiger partial charge in [-0.2, -0.15) is 0 Å². The highest BCUT2D eigenvalue weighted by molar-refractivity contribution is 9.23. The molecule has 1 fully saturated rings. The molecular formula is C11H21BrMg. The summed E-state index contributed by atoms with van der Waals surface area (Å²) in [4.78, 5) is 0. The van der Waals surface area contributed by atoms with Crippen molar-refractivity contribution in [2.75, 3.05) is 0 Å². The van der Waals surface area contributed by atoms with Crippen LogP contribution in [-0.2, 0) is 0 Å². The van der Waals surface area contributed by atoms with Crippen molar-refractivity contribution >= 4 is 31.1 Å². The Kier molecular flexibility index (Phi) is 7.13. The van der Waals surface area contributed by atoms with Crippen LogP contribution in [0.15, 0.2) is 0 Å². The van der Waals surface area contributed by atoms with E-state index in [1.807, 2.05) is 0 Å². The van der Waals surface area contributed by atoms with Crippen molar-refractivity contribution in [2.45, 2.75) is 56.4 Å². The largest absolute Gasteiger partial charge is 0.468 e. The van der Waals surface area contributed by atoms with Gasteiger partial charge in [0, 0.05) is 0 Å². The Labute approximate surface area is 98.8 Å². The lowest BCUT2D eigenvalue weighted by molar-refractivity contribution is 0.257. The van der Waals surface area contributed by atoms with Crippen LogP contribution in [0, 0.1) is 11.8 Å². The van der Waals surface area contributed by atoms with E-state index in [9.17, 15) is 0 Å². The van der Waals surface area contributed by atoms with Crippen LogP contribution >= 0.6 is 12.9 Å². The zero-order chi connectivity index (χ0) is 9.52. The van der Waals surface area contributed by atoms with Crippen LogP contribution in [0.4, 0.5) is 0 Å². The standard InChI is InChI=1S/C11H21.BrH.Mg/c1-3-5-11-8-6-10(4-2)7-9-11;;/h10-11H,2-9H2,1H3;1H;/q;;+1/p-1/t10-,11-;;. The van der Waals surface area contributed by atoms with Gasteiger partial charge in [-0.15, -0.1) is 4.55 Å². The lowest BCUT2D eigenvalue weighted by atomic mass is 9.79. The van der Waals surface area contributed by atoms with E-state index in [2.05, 4.69) is 19.8 Å². The normalized spacial score (nSPS) is 28.5. The number of halogens is 1. The number of hydrogen-bond acceptors (Lipinski definition) is 0. The van der Waals surface area contributed by atoms with Crippen LogP contribution in [0.3, 0.4) is 0 Å². The van der Waals surface area contributed by atoms with E-state index in [0.29, 0.717) is 0 Å². The molecular weight excluding hydrogens is 236 g/mol. The molecule has 1 aliphatic carbocycles. The third kappa shape index (κ3) is 5.03. The first-order valence-electron chi connectivity index (χ1n) is 5.92. The van der Waals surface area contributed by atoms with Crippen molar-refractivity contribution in [2.24, 2.45) is 11.8 Å². The second kappa shape index (κ2) is 7.53. The molecule has 1 rings (SSSR count). The van der Waals surface area contributed by atoms with E-state index in [1.54, 1.807) is 0 Å². The van der Waals surface area contributed by atoms with Crippen LogP contribution in [0.1, 0.15) is 51.9 Å². The highest BCUT2D eigenvalue weighted by Crippen LogP contribution is 2.33. The summed E-state index contributed by atoms with van der Waals surface area (Å²) in [7, 11) is 0. The molecule has 0 saturated heterocycles. The predicted molar refractivity (Wildman–Crippen MR) is 64.5 cm³/mol. The van der Waals surface area contributed by atoms with Crippen LogP contribution in [0.5, 0.6) is 0 Å². The maximum absolute atomic E-state index is 3.65. The first-order valence-corrected chi connectivity index (χ1v) is 10.8. The summed E-state index contributed by atoms with van der Waals surface area (Å²) in [6.07, 6.45) is 10.5. The van der Waals surface area contributed by atoms with Gasteiger partial charge in [0.25, 0.3) is 0 Å². The molecule has 1 aliphatic rings. The summed E-state index contributed by atoms with van der Waals surface area (Å²) in [5.74, 6) is 2.18. The lowest BCUT2D eigenvalue weighted by Gasteiger charge is -2.28. The van der Waals surface area contributed by atoms with E-state index in [1.165, 1.54) is 49.5 Å². The fraction of sp³-hybridized carbons (Fsp3) is 1.00. The molecule has 1 saturated carbocycles. The van der Waals surface area contributed by atoms with Crippen molar-refractivity contribution in [3.63, 3.8) is 0 Å². The van der Waals surface area contributed by atoms with Gasteiger partial charge in [-0.05, 0) is 11.8 Å². The van der Waals surface area contributed by atoms with Gasteiger partial charge < -0.3 is 12.9 Å². The van der Waals surface area contributed by atoms with Crippen LogP contribution in [0.2, 0.25) is 4.55 Å². The van der Waals surface area contributed by atoms with E-state index in [0.717, 1.165) is 11.8 Å². The summed E-state index contributed by atoms with van der Waals surface area (Å²) >= 11 is 3.81. The van der Waals surface area contributed by atoms with Crippen molar-refractivity contribution < 1.29 is 0 Å². The maximum Gasteiger partial charge on any atom is 0.468 e. The molecule has 0 aliphatic heterocycles. The van der Waals surface area contributed by atoms with Crippen LogP contribution in [0.25, 0.3) is 0 Å². The van der Waals surface area contributed by atoms with Gasteiger partial charge in [0.2, 0.25) is 0 Å². The van der Waals surface area contributed by atoms with Crippen LogP contribution < -0.4 is 0 Å². The van der Waals surface area contributed by atoms with Crippen LogP contribution in [-0.4, -0.2) is 18.2 Å². The molecule has 74 valence electrons. The van der Waals surface area contributed by atoms with Crippen molar-refractivity contribution in [1.29, 1.82) is 0 Å². The van der Waals surface area contributed by atoms with E-state index in [-0.39, 0.29) is 18.2 Å². The average Bonchev–Trinajstić information content (AvgIpc) is 2.17. The monoisotopic (exact) mass is 256 g/mol. The van der Waals surface area contributed by atoms with E-state index < -0.39 is 0 Å². The van der Waals surface area contributed by atoms with E-state index >= 15 is 0 Å². The Morgan fingerprint density at radius 1 is 1.08 bits per heavy atom. The summed E-state index contributed by atoms with van der Waals surface area (Å²) in [5.41, 5.74) is 0. The highest BCUT2D eigenvalue weighted by atomic mass is 79.9. The lowest BCUT2D eigenvalue weighted by Crippen LogP contribution is -2.14. The van der Waals surface area contributed by atoms with Gasteiger partial charge >= 0.3 is 18.2 Å². The third-order valence-electron chi connectivity index (χ3n) is 3.41. The first-order chi connectivity index (χ1) is 6.36. The molecule has 0 aromatic heterocycles. The highest BCUT2D eigenvalue weighted by Gasteiger charge is 2.19. The van der Waals surface area contributed by atoms with Crippen molar-refractivity contribution in [3.8, 4) is 0 Å². The number of rotatable bonds is 5. The fourth-order valence-electron chi connectivity index (χ4n) is 2.58. The molecule has 0 bridgehead atoms. The van der Waals surface area contributed by atoms with Gasteiger partial charge in [-0.25, -0.2) is 0 Å². The second-order valence-electron chi connectivity index (χ2n) is 4.51. The Morgan fingerprint density at radius 2 is 1.62 bits per heavy atom. The molecule has 0 heterocycles. The predicted octanol–water partition coefficient (Wildman–Crippen LogP) is 4.42. The molecule has 0 N–H and O–H groups in total. The number of hydrogen-bond donors (Lipinski definition) is 0. The molecule has 0 nitrogen and oxygen atoms in total. The van der Waals surface area contributed by atoms with Gasteiger partial charge in [0.15, 0.2) is 0 Å². The molecule has 0 amide bonds. The van der Waals surface area contributed by atoms with Gasteiger partial charge in [0.1, 0.15) is 0 Å². The molecule has 0 atom stereocenters. The molecule has 2 heteroatoms. The molecule has 0 aromatic carbocycles. The molecule has 13 heavy (non-hydrogen) atoms. The average molecular weight is 257 g/mol. The smallest absolute Gasteiger partial charge is 0.307 e. The van der Waals surface area contributed by atoms with Crippen molar-refractivity contribution in [3.05, 3.63) is 0 Å². The summed E-state index contributed by atoms with van der Waals surface area (Å²) in [6.45, 7) is 2.32. The molecule has 0 aromatic rings. The Bertz CT molecular complexity index is 119. The van der Waals surface area contributed by atoms with Gasteiger partial charge in [-0.1, -0.05) is 51.9 Å². The van der Waals surface area contributed by atoms with E-state index in [4.69, 9.17) is 0 Å². The summed E-state index contributed by atoms with van der Waals surface area (Å²) in [6, 6.07) is 0. The zero-order valence-electron chi connectivity index (χ0n) is 8.90. The SMILES string of the molecule is CCC[C@H]1CC[C@H](C[CH2][Mg][Br])CC1.